The second-order valence-electron chi connectivity index (χ2n) is 6.28. The molecule has 0 bridgehead atoms. The predicted molar refractivity (Wildman–Crippen MR) is 105 cm³/mol. The zero-order valence-corrected chi connectivity index (χ0v) is 15.5. The van der Waals surface area contributed by atoms with Gasteiger partial charge in [-0.2, -0.15) is 0 Å². The molecule has 23 heavy (non-hydrogen) atoms. The van der Waals surface area contributed by atoms with E-state index in [1.807, 2.05) is 0 Å². The molecule has 0 amide bonds. The molecule has 2 aromatic rings. The van der Waals surface area contributed by atoms with Crippen LogP contribution < -0.4 is 10.6 Å². The van der Waals surface area contributed by atoms with Crippen molar-refractivity contribution in [2.45, 2.75) is 47.0 Å². The third kappa shape index (κ3) is 3.40. The molecule has 0 saturated carbocycles. The Kier molecular flexibility index (Phi) is 5.42. The summed E-state index contributed by atoms with van der Waals surface area (Å²) in [6, 6.07) is 12.8. The molecule has 0 heterocycles. The molecule has 0 radical (unpaired) electrons. The molecule has 2 aromatic carbocycles. The first kappa shape index (κ1) is 17.5. The summed E-state index contributed by atoms with van der Waals surface area (Å²) in [6.45, 7) is 10.8. The zero-order valence-electron chi connectivity index (χ0n) is 14.7. The summed E-state index contributed by atoms with van der Waals surface area (Å²) < 4.78 is 0. The lowest BCUT2D eigenvalue weighted by atomic mass is 9.95. The maximum Gasteiger partial charge on any atom is 0.175 e. The van der Waals surface area contributed by atoms with Crippen molar-refractivity contribution in [3.8, 4) is 0 Å². The highest BCUT2D eigenvalue weighted by molar-refractivity contribution is 7.80. The van der Waals surface area contributed by atoms with E-state index >= 15 is 0 Å². The summed E-state index contributed by atoms with van der Waals surface area (Å²) in [7, 11) is 0. The van der Waals surface area contributed by atoms with E-state index in [1.54, 1.807) is 0 Å². The maximum absolute atomic E-state index is 6.19. The molecule has 0 aliphatic rings. The number of para-hydroxylation sites is 2. The lowest BCUT2D eigenvalue weighted by Gasteiger charge is -2.31. The van der Waals surface area contributed by atoms with Crippen LogP contribution in [-0.2, 0) is 6.42 Å². The third-order valence-electron chi connectivity index (χ3n) is 4.26. The minimum absolute atomic E-state index is 0.394. The summed E-state index contributed by atoms with van der Waals surface area (Å²) in [5.41, 5.74) is 13.3. The number of nitrogens with two attached hydrogens (primary N) is 1. The number of thiocarbonyl (C=S) groups is 1. The molecule has 0 aliphatic heterocycles. The molecule has 2 rings (SSSR count). The summed E-state index contributed by atoms with van der Waals surface area (Å²) in [5.74, 6) is 0.399. The quantitative estimate of drug-likeness (QED) is 0.766. The van der Waals surface area contributed by atoms with Crippen LogP contribution in [0.3, 0.4) is 0 Å². The van der Waals surface area contributed by atoms with Crippen molar-refractivity contribution < 1.29 is 0 Å². The van der Waals surface area contributed by atoms with Crippen LogP contribution in [-0.4, -0.2) is 5.11 Å². The Labute approximate surface area is 145 Å². The van der Waals surface area contributed by atoms with Crippen LogP contribution in [0.1, 0.15) is 48.9 Å². The van der Waals surface area contributed by atoms with Crippen molar-refractivity contribution >= 4 is 28.7 Å². The molecule has 0 spiro atoms. The van der Waals surface area contributed by atoms with Crippen molar-refractivity contribution in [1.82, 2.24) is 0 Å². The van der Waals surface area contributed by atoms with Crippen LogP contribution >= 0.6 is 12.2 Å². The number of rotatable bonds is 4. The van der Waals surface area contributed by atoms with Gasteiger partial charge < -0.3 is 5.73 Å². The van der Waals surface area contributed by atoms with Crippen LogP contribution in [0.4, 0.5) is 11.4 Å². The Hall–Kier alpha value is -1.87. The molecule has 3 heteroatoms. The number of anilines is 2. The van der Waals surface area contributed by atoms with Crippen LogP contribution in [0.25, 0.3) is 0 Å². The van der Waals surface area contributed by atoms with Gasteiger partial charge in [0.25, 0.3) is 0 Å². The highest BCUT2D eigenvalue weighted by atomic mass is 32.1. The van der Waals surface area contributed by atoms with Gasteiger partial charge in [-0.15, -0.1) is 0 Å². The standard InChI is InChI=1S/C20H26N2S/c1-6-16-11-7-9-14(4)18(16)22(20(21)23)19-15(5)10-8-12-17(19)13(2)3/h7-13H,6H2,1-5H3,(H2,21,23). The van der Waals surface area contributed by atoms with Crippen LogP contribution in [0, 0.1) is 13.8 Å². The van der Waals surface area contributed by atoms with E-state index in [-0.39, 0.29) is 0 Å². The monoisotopic (exact) mass is 326 g/mol. The lowest BCUT2D eigenvalue weighted by Crippen LogP contribution is -2.34. The van der Waals surface area contributed by atoms with Gasteiger partial charge in [0.1, 0.15) is 0 Å². The number of nitrogens with zero attached hydrogens (tertiary/aromatic N) is 1. The first-order chi connectivity index (χ1) is 10.9. The van der Waals surface area contributed by atoms with Gasteiger partial charge in [-0.05, 0) is 60.7 Å². The van der Waals surface area contributed by atoms with Crippen molar-refractivity contribution in [3.63, 3.8) is 0 Å². The molecule has 0 aromatic heterocycles. The molecule has 0 atom stereocenters. The van der Waals surface area contributed by atoms with Crippen molar-refractivity contribution in [2.75, 3.05) is 4.90 Å². The SMILES string of the molecule is CCc1cccc(C)c1N(C(N)=S)c1c(C)cccc1C(C)C. The summed E-state index contributed by atoms with van der Waals surface area (Å²) in [4.78, 5) is 2.06. The average Bonchev–Trinajstić information content (AvgIpc) is 2.49. The van der Waals surface area contributed by atoms with Gasteiger partial charge in [-0.3, -0.25) is 4.90 Å². The fourth-order valence-electron chi connectivity index (χ4n) is 3.11. The highest BCUT2D eigenvalue weighted by Gasteiger charge is 2.22. The van der Waals surface area contributed by atoms with Gasteiger partial charge in [0, 0.05) is 0 Å². The molecule has 2 N–H and O–H groups in total. The van der Waals surface area contributed by atoms with E-state index in [1.165, 1.54) is 22.3 Å². The van der Waals surface area contributed by atoms with Gasteiger partial charge in [0.05, 0.1) is 11.4 Å². The van der Waals surface area contributed by atoms with E-state index in [2.05, 4.69) is 75.9 Å². The molecular formula is C20H26N2S. The van der Waals surface area contributed by atoms with Gasteiger partial charge in [-0.1, -0.05) is 57.2 Å². The zero-order chi connectivity index (χ0) is 17.1. The van der Waals surface area contributed by atoms with Crippen molar-refractivity contribution in [2.24, 2.45) is 5.73 Å². The Balaban J connectivity index is 2.79. The molecule has 0 fully saturated rings. The van der Waals surface area contributed by atoms with Gasteiger partial charge in [0.2, 0.25) is 0 Å². The first-order valence-corrected chi connectivity index (χ1v) is 8.56. The molecule has 2 nitrogen and oxygen atoms in total. The Morgan fingerprint density at radius 1 is 1.04 bits per heavy atom. The molecule has 0 unspecified atom stereocenters. The van der Waals surface area contributed by atoms with E-state index in [0.29, 0.717) is 11.0 Å². The first-order valence-electron chi connectivity index (χ1n) is 8.16. The predicted octanol–water partition coefficient (Wildman–Crippen LogP) is 5.37. The second-order valence-corrected chi connectivity index (χ2v) is 6.70. The summed E-state index contributed by atoms with van der Waals surface area (Å²) >= 11 is 5.46. The average molecular weight is 327 g/mol. The molecule has 122 valence electrons. The van der Waals surface area contributed by atoms with Crippen molar-refractivity contribution in [3.05, 3.63) is 58.7 Å². The van der Waals surface area contributed by atoms with Crippen LogP contribution in [0.15, 0.2) is 36.4 Å². The largest absolute Gasteiger partial charge is 0.376 e. The second kappa shape index (κ2) is 7.14. The van der Waals surface area contributed by atoms with Crippen molar-refractivity contribution in [1.29, 1.82) is 0 Å². The topological polar surface area (TPSA) is 29.3 Å². The number of hydrogen-bond donors (Lipinski definition) is 1. The lowest BCUT2D eigenvalue weighted by molar-refractivity contribution is 0.863. The van der Waals surface area contributed by atoms with E-state index < -0.39 is 0 Å². The van der Waals surface area contributed by atoms with Gasteiger partial charge in [0.15, 0.2) is 5.11 Å². The summed E-state index contributed by atoms with van der Waals surface area (Å²) in [6.07, 6.45) is 0.943. The van der Waals surface area contributed by atoms with Gasteiger partial charge in [-0.25, -0.2) is 0 Å². The Bertz CT molecular complexity index is 720. The normalized spacial score (nSPS) is 10.9. The van der Waals surface area contributed by atoms with Crippen LogP contribution in [0.5, 0.6) is 0 Å². The van der Waals surface area contributed by atoms with E-state index in [0.717, 1.165) is 17.8 Å². The van der Waals surface area contributed by atoms with Gasteiger partial charge >= 0.3 is 0 Å². The molecular weight excluding hydrogens is 300 g/mol. The number of hydrogen-bond acceptors (Lipinski definition) is 1. The van der Waals surface area contributed by atoms with E-state index in [4.69, 9.17) is 18.0 Å². The number of benzene rings is 2. The minimum Gasteiger partial charge on any atom is -0.376 e. The summed E-state index contributed by atoms with van der Waals surface area (Å²) in [5, 5.41) is 0.394. The maximum atomic E-state index is 6.19. The smallest absolute Gasteiger partial charge is 0.175 e. The molecule has 0 aliphatic carbocycles. The Morgan fingerprint density at radius 2 is 1.61 bits per heavy atom. The minimum atomic E-state index is 0.394. The third-order valence-corrected chi connectivity index (χ3v) is 4.44. The van der Waals surface area contributed by atoms with E-state index in [9.17, 15) is 0 Å². The number of aryl methyl sites for hydroxylation is 3. The highest BCUT2D eigenvalue weighted by Crippen LogP contribution is 2.38. The Morgan fingerprint density at radius 3 is 2.13 bits per heavy atom. The van der Waals surface area contributed by atoms with Crippen LogP contribution in [0.2, 0.25) is 0 Å². The fourth-order valence-corrected chi connectivity index (χ4v) is 3.29. The fraction of sp³-hybridized carbons (Fsp3) is 0.350. The molecule has 0 saturated heterocycles.